The van der Waals surface area contributed by atoms with Crippen LogP contribution >= 0.6 is 0 Å². The third-order valence-electron chi connectivity index (χ3n) is 4.63. The monoisotopic (exact) mass is 399 g/mol. The van der Waals surface area contributed by atoms with E-state index in [-0.39, 0.29) is 0 Å². The van der Waals surface area contributed by atoms with E-state index in [4.69, 9.17) is 10.5 Å². The molecule has 0 saturated carbocycles. The molecule has 150 valence electrons. The number of benzene rings is 2. The maximum atomic E-state index is 11.2. The van der Waals surface area contributed by atoms with Crippen molar-refractivity contribution in [2.75, 3.05) is 12.4 Å². The Balaban J connectivity index is 1.66. The molecule has 7 heteroatoms. The number of ether oxygens (including phenoxy) is 1. The van der Waals surface area contributed by atoms with Crippen LogP contribution in [0.5, 0.6) is 5.75 Å². The number of hydrogen-bond donors (Lipinski definition) is 2. The van der Waals surface area contributed by atoms with Gasteiger partial charge in [0.2, 0.25) is 5.91 Å². The highest BCUT2D eigenvalue weighted by atomic mass is 16.5. The lowest BCUT2D eigenvalue weighted by atomic mass is 10.1. The molecule has 2 aromatic heterocycles. The summed E-state index contributed by atoms with van der Waals surface area (Å²) < 4.78 is 7.23. The lowest BCUT2D eigenvalue weighted by Crippen LogP contribution is -2.10. The normalized spacial score (nSPS) is 10.6. The summed E-state index contributed by atoms with van der Waals surface area (Å²) in [5, 5.41) is 7.90. The summed E-state index contributed by atoms with van der Waals surface area (Å²) >= 11 is 0. The number of anilines is 2. The van der Waals surface area contributed by atoms with Gasteiger partial charge in [0, 0.05) is 29.1 Å². The predicted molar refractivity (Wildman–Crippen MR) is 116 cm³/mol. The van der Waals surface area contributed by atoms with Gasteiger partial charge in [0.25, 0.3) is 0 Å². The number of hydrogen-bond acceptors (Lipinski definition) is 5. The number of primary amides is 1. The van der Waals surface area contributed by atoms with E-state index in [0.717, 1.165) is 34.1 Å². The van der Waals surface area contributed by atoms with Gasteiger partial charge in [0.1, 0.15) is 11.6 Å². The molecule has 0 atom stereocenters. The average molecular weight is 399 g/mol. The first-order valence-corrected chi connectivity index (χ1v) is 9.38. The van der Waals surface area contributed by atoms with Crippen LogP contribution in [0.1, 0.15) is 16.1 Å². The molecule has 0 spiro atoms. The van der Waals surface area contributed by atoms with Crippen molar-refractivity contribution in [1.82, 2.24) is 14.8 Å². The molecule has 0 aliphatic heterocycles. The van der Waals surface area contributed by atoms with Gasteiger partial charge in [-0.3, -0.25) is 4.79 Å². The van der Waals surface area contributed by atoms with Crippen molar-refractivity contribution in [2.24, 2.45) is 5.73 Å². The number of aromatic nitrogens is 3. The molecule has 0 aliphatic carbocycles. The second kappa shape index (κ2) is 8.08. The zero-order valence-electron chi connectivity index (χ0n) is 16.7. The molecule has 0 aliphatic rings. The average Bonchev–Trinajstić information content (AvgIpc) is 3.16. The molecule has 2 aromatic carbocycles. The van der Waals surface area contributed by atoms with E-state index in [1.165, 1.54) is 0 Å². The van der Waals surface area contributed by atoms with Crippen molar-refractivity contribution in [3.63, 3.8) is 0 Å². The van der Waals surface area contributed by atoms with E-state index in [2.05, 4.69) is 15.4 Å². The van der Waals surface area contributed by atoms with Gasteiger partial charge in [-0.15, -0.1) is 0 Å². The molecule has 0 saturated heterocycles. The van der Waals surface area contributed by atoms with E-state index in [9.17, 15) is 4.79 Å². The summed E-state index contributed by atoms with van der Waals surface area (Å²) in [4.78, 5) is 15.6. The summed E-state index contributed by atoms with van der Waals surface area (Å²) in [5.74, 6) is 0.987. The number of carbonyl (C=O) groups is 1. The van der Waals surface area contributed by atoms with Gasteiger partial charge < -0.3 is 15.8 Å². The number of amides is 1. The molecule has 30 heavy (non-hydrogen) atoms. The van der Waals surface area contributed by atoms with Crippen LogP contribution in [0.3, 0.4) is 0 Å². The Morgan fingerprint density at radius 3 is 2.60 bits per heavy atom. The van der Waals surface area contributed by atoms with E-state index in [1.54, 1.807) is 37.6 Å². The zero-order chi connectivity index (χ0) is 21.1. The van der Waals surface area contributed by atoms with Crippen molar-refractivity contribution in [1.29, 1.82) is 0 Å². The van der Waals surface area contributed by atoms with Gasteiger partial charge in [-0.2, -0.15) is 5.10 Å². The quantitative estimate of drug-likeness (QED) is 0.509. The van der Waals surface area contributed by atoms with Crippen LogP contribution in [0.15, 0.2) is 72.9 Å². The van der Waals surface area contributed by atoms with Crippen molar-refractivity contribution in [3.05, 3.63) is 84.2 Å². The van der Waals surface area contributed by atoms with Crippen LogP contribution in [0.4, 0.5) is 11.5 Å². The lowest BCUT2D eigenvalue weighted by molar-refractivity contribution is 0.100. The highest BCUT2D eigenvalue weighted by molar-refractivity contribution is 5.93. The first-order valence-electron chi connectivity index (χ1n) is 9.38. The summed E-state index contributed by atoms with van der Waals surface area (Å²) in [6.07, 6.45) is 1.74. The van der Waals surface area contributed by atoms with Crippen molar-refractivity contribution in [3.8, 4) is 22.7 Å². The molecule has 2 heterocycles. The maximum absolute atomic E-state index is 11.2. The lowest BCUT2D eigenvalue weighted by Gasteiger charge is -2.11. The second-order valence-corrected chi connectivity index (χ2v) is 6.78. The van der Waals surface area contributed by atoms with Crippen molar-refractivity contribution < 1.29 is 9.53 Å². The summed E-state index contributed by atoms with van der Waals surface area (Å²) in [6.45, 7) is 1.96. The summed E-state index contributed by atoms with van der Waals surface area (Å²) in [6, 6.07) is 20.6. The molecule has 3 N–H and O–H groups in total. The molecular formula is C23H21N5O2. The summed E-state index contributed by atoms with van der Waals surface area (Å²) in [5.41, 5.74) is 10.3. The number of methoxy groups -OCH3 is 1. The molecule has 0 bridgehead atoms. The number of nitrogens with two attached hydrogens (primary N) is 1. The number of aryl methyl sites for hydroxylation is 1. The number of nitrogens with one attached hydrogen (secondary N) is 1. The minimum absolute atomic E-state index is 0.456. The van der Waals surface area contributed by atoms with Gasteiger partial charge in [-0.25, -0.2) is 9.67 Å². The van der Waals surface area contributed by atoms with Gasteiger partial charge >= 0.3 is 0 Å². The molecule has 1 amide bonds. The van der Waals surface area contributed by atoms with Gasteiger partial charge in [-0.1, -0.05) is 6.07 Å². The maximum Gasteiger partial charge on any atom is 0.248 e. The Labute approximate surface area is 174 Å². The second-order valence-electron chi connectivity index (χ2n) is 6.78. The smallest absolute Gasteiger partial charge is 0.248 e. The minimum atomic E-state index is -0.456. The molecule has 0 fully saturated rings. The van der Waals surface area contributed by atoms with Crippen LogP contribution in [-0.4, -0.2) is 27.8 Å². The van der Waals surface area contributed by atoms with Crippen molar-refractivity contribution >= 4 is 17.4 Å². The van der Waals surface area contributed by atoms with Crippen LogP contribution in [0, 0.1) is 6.92 Å². The van der Waals surface area contributed by atoms with E-state index in [0.29, 0.717) is 11.4 Å². The number of carbonyl (C=O) groups excluding carboxylic acids is 1. The Hall–Kier alpha value is -4.13. The Morgan fingerprint density at radius 2 is 1.87 bits per heavy atom. The number of nitrogens with zero attached hydrogens (tertiary/aromatic N) is 3. The first-order chi connectivity index (χ1) is 14.5. The molecule has 4 aromatic rings. The van der Waals surface area contributed by atoms with E-state index < -0.39 is 5.91 Å². The molecule has 0 radical (unpaired) electrons. The minimum Gasteiger partial charge on any atom is -0.497 e. The number of pyridine rings is 1. The van der Waals surface area contributed by atoms with E-state index >= 15 is 0 Å². The Morgan fingerprint density at radius 1 is 1.07 bits per heavy atom. The molecule has 7 nitrogen and oxygen atoms in total. The highest BCUT2D eigenvalue weighted by Crippen LogP contribution is 2.27. The highest BCUT2D eigenvalue weighted by Gasteiger charge is 2.12. The van der Waals surface area contributed by atoms with Gasteiger partial charge in [-0.05, 0) is 61.5 Å². The fraction of sp³-hybridized carbons (Fsp3) is 0.0870. The Bertz CT molecular complexity index is 1200. The summed E-state index contributed by atoms with van der Waals surface area (Å²) in [7, 11) is 1.64. The first kappa shape index (κ1) is 19.2. The van der Waals surface area contributed by atoms with Crippen LogP contribution in [-0.2, 0) is 0 Å². The number of rotatable bonds is 6. The fourth-order valence-electron chi connectivity index (χ4n) is 3.17. The van der Waals surface area contributed by atoms with Gasteiger partial charge in [0.05, 0.1) is 24.2 Å². The zero-order valence-corrected chi connectivity index (χ0v) is 16.7. The molecular weight excluding hydrogens is 378 g/mol. The van der Waals surface area contributed by atoms with Crippen LogP contribution in [0.25, 0.3) is 16.9 Å². The topological polar surface area (TPSA) is 95.1 Å². The fourth-order valence-corrected chi connectivity index (χ4v) is 3.17. The van der Waals surface area contributed by atoms with E-state index in [1.807, 2.05) is 54.1 Å². The standard InChI is InChI=1S/C23H21N5O2/c1-15-12-21(28(27-15)19-4-3-5-20(14-19)30-2)17-10-11-25-22(13-17)26-18-8-6-16(7-9-18)23(24)29/h3-14H,1-2H3,(H2,24,29)(H,25,26). The predicted octanol–water partition coefficient (Wildman–Crippen LogP) is 4.09. The third kappa shape index (κ3) is 4.00. The third-order valence-corrected chi connectivity index (χ3v) is 4.63. The van der Waals surface area contributed by atoms with Crippen LogP contribution < -0.4 is 15.8 Å². The largest absolute Gasteiger partial charge is 0.497 e. The Kier molecular flexibility index (Phi) is 5.17. The molecule has 0 unspecified atom stereocenters. The van der Waals surface area contributed by atoms with Gasteiger partial charge in [0.15, 0.2) is 0 Å². The molecule has 4 rings (SSSR count). The van der Waals surface area contributed by atoms with Crippen LogP contribution in [0.2, 0.25) is 0 Å². The van der Waals surface area contributed by atoms with Crippen molar-refractivity contribution in [2.45, 2.75) is 6.92 Å². The SMILES string of the molecule is COc1cccc(-n2nc(C)cc2-c2ccnc(Nc3ccc(C(N)=O)cc3)c2)c1.